The molecule has 11 heteroatoms. The summed E-state index contributed by atoms with van der Waals surface area (Å²) < 4.78 is 12.5. The Bertz CT molecular complexity index is 933. The van der Waals surface area contributed by atoms with E-state index >= 15 is 0 Å². The van der Waals surface area contributed by atoms with Crippen molar-refractivity contribution in [3.63, 3.8) is 0 Å². The van der Waals surface area contributed by atoms with Gasteiger partial charge < -0.3 is 19.4 Å². The number of carbonyl (C=O) groups is 2. The van der Waals surface area contributed by atoms with Crippen LogP contribution in [-0.4, -0.2) is 70.2 Å². The summed E-state index contributed by atoms with van der Waals surface area (Å²) in [6.07, 6.45) is 1.71. The molecule has 174 valence electrons. The standard InChI is InChI=1S/C21H28ClN5O4S/c1-3-4-9-31-20(29)16-12-15(5-6-17(16)22)23-19(28)14-32-21-25-24-18(26(21)2)13-27-7-10-30-11-8-27/h5-6,12H,3-4,7-11,13-14H2,1-2H3,(H,23,28). The fraction of sp³-hybridized carbons (Fsp3) is 0.524. The molecule has 3 rings (SSSR count). The summed E-state index contributed by atoms with van der Waals surface area (Å²) >= 11 is 7.43. The van der Waals surface area contributed by atoms with E-state index in [2.05, 4.69) is 20.4 Å². The lowest BCUT2D eigenvalue weighted by Crippen LogP contribution is -2.36. The molecular weight excluding hydrogens is 454 g/mol. The Morgan fingerprint density at radius 3 is 2.81 bits per heavy atom. The third kappa shape index (κ3) is 6.93. The van der Waals surface area contributed by atoms with Gasteiger partial charge in [-0.2, -0.15) is 0 Å². The molecule has 0 unspecified atom stereocenters. The van der Waals surface area contributed by atoms with Gasteiger partial charge >= 0.3 is 5.97 Å². The number of unbranched alkanes of at least 4 members (excludes halogenated alkanes) is 1. The van der Waals surface area contributed by atoms with Crippen molar-refractivity contribution in [2.75, 3.05) is 44.0 Å². The highest BCUT2D eigenvalue weighted by molar-refractivity contribution is 7.99. The first kappa shape index (κ1) is 24.5. The number of benzene rings is 1. The maximum atomic E-state index is 12.4. The number of halogens is 1. The number of thioether (sulfide) groups is 1. The number of nitrogens with one attached hydrogen (secondary N) is 1. The second kappa shape index (κ2) is 12.2. The minimum absolute atomic E-state index is 0.155. The number of carbonyl (C=O) groups excluding carboxylic acids is 2. The van der Waals surface area contributed by atoms with E-state index in [-0.39, 0.29) is 22.2 Å². The Hall–Kier alpha value is -2.14. The van der Waals surface area contributed by atoms with Crippen molar-refractivity contribution in [1.29, 1.82) is 0 Å². The summed E-state index contributed by atoms with van der Waals surface area (Å²) in [5.74, 6) is 0.280. The second-order valence-corrected chi connectivity index (χ2v) is 8.72. The van der Waals surface area contributed by atoms with Crippen LogP contribution in [0, 0.1) is 0 Å². The van der Waals surface area contributed by atoms with Gasteiger partial charge in [-0.1, -0.05) is 36.7 Å². The smallest absolute Gasteiger partial charge is 0.339 e. The van der Waals surface area contributed by atoms with Gasteiger partial charge in [0.1, 0.15) is 5.82 Å². The Morgan fingerprint density at radius 1 is 1.28 bits per heavy atom. The molecular formula is C21H28ClN5O4S. The maximum absolute atomic E-state index is 12.4. The van der Waals surface area contributed by atoms with Crippen LogP contribution in [-0.2, 0) is 27.9 Å². The molecule has 2 heterocycles. The van der Waals surface area contributed by atoms with Crippen molar-refractivity contribution in [2.45, 2.75) is 31.5 Å². The van der Waals surface area contributed by atoms with Crippen LogP contribution in [0.5, 0.6) is 0 Å². The summed E-state index contributed by atoms with van der Waals surface area (Å²) in [5.41, 5.74) is 0.711. The average Bonchev–Trinajstić information content (AvgIpc) is 3.13. The third-order valence-corrected chi connectivity index (χ3v) is 6.28. The van der Waals surface area contributed by atoms with E-state index in [9.17, 15) is 9.59 Å². The van der Waals surface area contributed by atoms with Gasteiger partial charge in [0.05, 0.1) is 42.7 Å². The lowest BCUT2D eigenvalue weighted by Gasteiger charge is -2.25. The van der Waals surface area contributed by atoms with Crippen LogP contribution in [0.4, 0.5) is 5.69 Å². The van der Waals surface area contributed by atoms with Crippen molar-refractivity contribution in [2.24, 2.45) is 7.05 Å². The molecule has 1 saturated heterocycles. The molecule has 32 heavy (non-hydrogen) atoms. The van der Waals surface area contributed by atoms with E-state index in [1.165, 1.54) is 17.8 Å². The molecule has 1 N–H and O–H groups in total. The topological polar surface area (TPSA) is 98.6 Å². The molecule has 1 aromatic heterocycles. The zero-order valence-corrected chi connectivity index (χ0v) is 19.9. The van der Waals surface area contributed by atoms with Crippen LogP contribution >= 0.6 is 23.4 Å². The third-order valence-electron chi connectivity index (χ3n) is 4.93. The quantitative estimate of drug-likeness (QED) is 0.314. The Kier molecular flexibility index (Phi) is 9.34. The summed E-state index contributed by atoms with van der Waals surface area (Å²) in [5, 5.41) is 12.2. The van der Waals surface area contributed by atoms with Gasteiger partial charge in [0.25, 0.3) is 0 Å². The van der Waals surface area contributed by atoms with E-state index in [0.717, 1.165) is 45.0 Å². The van der Waals surface area contributed by atoms with Crippen LogP contribution in [0.1, 0.15) is 35.9 Å². The van der Waals surface area contributed by atoms with E-state index in [1.807, 2.05) is 18.5 Å². The monoisotopic (exact) mass is 481 g/mol. The minimum atomic E-state index is -0.499. The predicted octanol–water partition coefficient (Wildman–Crippen LogP) is 2.99. The SMILES string of the molecule is CCCCOC(=O)c1cc(NC(=O)CSc2nnc(CN3CCOCC3)n2C)ccc1Cl. The molecule has 1 fully saturated rings. The highest BCUT2D eigenvalue weighted by Gasteiger charge is 2.17. The number of aromatic nitrogens is 3. The van der Waals surface area contributed by atoms with Gasteiger partial charge in [0, 0.05) is 25.8 Å². The van der Waals surface area contributed by atoms with E-state index in [0.29, 0.717) is 24.0 Å². The molecule has 0 atom stereocenters. The molecule has 0 bridgehead atoms. The number of nitrogens with zero attached hydrogens (tertiary/aromatic N) is 4. The van der Waals surface area contributed by atoms with Gasteiger partial charge in [-0.25, -0.2) is 4.79 Å². The molecule has 1 aliphatic heterocycles. The summed E-state index contributed by atoms with van der Waals surface area (Å²) in [6, 6.07) is 4.75. The number of hydrogen-bond acceptors (Lipinski definition) is 8. The predicted molar refractivity (Wildman–Crippen MR) is 123 cm³/mol. The van der Waals surface area contributed by atoms with Crippen LogP contribution in [0.2, 0.25) is 5.02 Å². The second-order valence-electron chi connectivity index (χ2n) is 7.37. The van der Waals surface area contributed by atoms with Crippen LogP contribution in [0.15, 0.2) is 23.4 Å². The number of hydrogen-bond donors (Lipinski definition) is 1. The fourth-order valence-corrected chi connectivity index (χ4v) is 3.97. The van der Waals surface area contributed by atoms with Gasteiger partial charge in [0.15, 0.2) is 5.16 Å². The van der Waals surface area contributed by atoms with E-state index < -0.39 is 5.97 Å². The van der Waals surface area contributed by atoms with Crippen LogP contribution < -0.4 is 5.32 Å². The van der Waals surface area contributed by atoms with Gasteiger partial charge in [-0.05, 0) is 24.6 Å². The largest absolute Gasteiger partial charge is 0.462 e. The van der Waals surface area contributed by atoms with Gasteiger partial charge in [-0.3, -0.25) is 9.69 Å². The first-order valence-corrected chi connectivity index (χ1v) is 11.9. The lowest BCUT2D eigenvalue weighted by atomic mass is 10.2. The molecule has 0 radical (unpaired) electrons. The summed E-state index contributed by atoms with van der Waals surface area (Å²) in [7, 11) is 1.89. The highest BCUT2D eigenvalue weighted by Crippen LogP contribution is 2.23. The highest BCUT2D eigenvalue weighted by atomic mass is 35.5. The van der Waals surface area contributed by atoms with E-state index in [1.54, 1.807) is 12.1 Å². The number of amides is 1. The van der Waals surface area contributed by atoms with Crippen molar-refractivity contribution in [1.82, 2.24) is 19.7 Å². The first-order valence-electron chi connectivity index (χ1n) is 10.6. The van der Waals surface area contributed by atoms with Crippen molar-refractivity contribution < 1.29 is 19.1 Å². The van der Waals surface area contributed by atoms with Crippen molar-refractivity contribution in [3.8, 4) is 0 Å². The summed E-state index contributed by atoms with van der Waals surface area (Å²) in [4.78, 5) is 26.9. The van der Waals surface area contributed by atoms with E-state index in [4.69, 9.17) is 21.1 Å². The molecule has 0 spiro atoms. The zero-order valence-electron chi connectivity index (χ0n) is 18.3. The molecule has 0 saturated carbocycles. The van der Waals surface area contributed by atoms with Gasteiger partial charge in [0.2, 0.25) is 5.91 Å². The number of esters is 1. The molecule has 2 aromatic rings. The average molecular weight is 482 g/mol. The van der Waals surface area contributed by atoms with Crippen molar-refractivity contribution >= 4 is 40.9 Å². The maximum Gasteiger partial charge on any atom is 0.339 e. The number of anilines is 1. The summed E-state index contributed by atoms with van der Waals surface area (Å²) in [6.45, 7) is 6.23. The first-order chi connectivity index (χ1) is 15.5. The molecule has 9 nitrogen and oxygen atoms in total. The number of morpholine rings is 1. The van der Waals surface area contributed by atoms with Crippen LogP contribution in [0.3, 0.4) is 0 Å². The Labute approximate surface area is 196 Å². The molecule has 0 aliphatic carbocycles. The minimum Gasteiger partial charge on any atom is -0.462 e. The Balaban J connectivity index is 1.52. The normalized spacial score (nSPS) is 14.3. The number of rotatable bonds is 10. The molecule has 1 aromatic carbocycles. The fourth-order valence-electron chi connectivity index (χ4n) is 3.04. The van der Waals surface area contributed by atoms with Crippen LogP contribution in [0.25, 0.3) is 0 Å². The van der Waals surface area contributed by atoms with Gasteiger partial charge in [-0.15, -0.1) is 10.2 Å². The zero-order chi connectivity index (χ0) is 22.9. The lowest BCUT2D eigenvalue weighted by molar-refractivity contribution is -0.113. The molecule has 1 amide bonds. The number of ether oxygens (including phenoxy) is 2. The molecule has 1 aliphatic rings. The Morgan fingerprint density at radius 2 is 2.06 bits per heavy atom. The van der Waals surface area contributed by atoms with Crippen molar-refractivity contribution in [3.05, 3.63) is 34.6 Å².